The molecular weight excluding hydrogens is 260 g/mol. The Morgan fingerprint density at radius 3 is 2.89 bits per heavy atom. The zero-order valence-corrected chi connectivity index (χ0v) is 12.7. The van der Waals surface area contributed by atoms with Gasteiger partial charge in [0.05, 0.1) is 7.11 Å². The van der Waals surface area contributed by atoms with Crippen molar-refractivity contribution in [2.75, 3.05) is 20.2 Å². The maximum absolute atomic E-state index is 5.90. The van der Waals surface area contributed by atoms with E-state index < -0.39 is 0 Å². The molecule has 0 bridgehead atoms. The highest BCUT2D eigenvalue weighted by atomic mass is 35.5. The molecule has 2 atom stereocenters. The molecule has 2 N–H and O–H groups in total. The SMILES string of the molecule is COc1cccc(CN2CCC(C)CC2CN)c1.Cl. The molecule has 0 saturated carbocycles. The van der Waals surface area contributed by atoms with Gasteiger partial charge in [-0.2, -0.15) is 0 Å². The summed E-state index contributed by atoms with van der Waals surface area (Å²) >= 11 is 0. The molecule has 3 nitrogen and oxygen atoms in total. The van der Waals surface area contributed by atoms with Crippen LogP contribution in [-0.4, -0.2) is 31.1 Å². The molecule has 1 aliphatic heterocycles. The lowest BCUT2D eigenvalue weighted by molar-refractivity contribution is 0.115. The Balaban J connectivity index is 0.00000180. The average Bonchev–Trinajstić information content (AvgIpc) is 2.41. The summed E-state index contributed by atoms with van der Waals surface area (Å²) in [5, 5.41) is 0. The largest absolute Gasteiger partial charge is 0.497 e. The van der Waals surface area contributed by atoms with Crippen molar-refractivity contribution in [2.45, 2.75) is 32.4 Å². The number of hydrogen-bond donors (Lipinski definition) is 1. The number of benzene rings is 1. The lowest BCUT2D eigenvalue weighted by Gasteiger charge is -2.38. The summed E-state index contributed by atoms with van der Waals surface area (Å²) in [5.41, 5.74) is 7.21. The van der Waals surface area contributed by atoms with Gasteiger partial charge in [0.15, 0.2) is 0 Å². The molecule has 2 unspecified atom stereocenters. The van der Waals surface area contributed by atoms with E-state index in [-0.39, 0.29) is 12.4 Å². The topological polar surface area (TPSA) is 38.5 Å². The Kier molecular flexibility index (Phi) is 6.63. The smallest absolute Gasteiger partial charge is 0.119 e. The molecule has 0 spiro atoms. The quantitative estimate of drug-likeness (QED) is 0.924. The normalized spacial score (nSPS) is 23.7. The van der Waals surface area contributed by atoms with Crippen LogP contribution in [0.4, 0.5) is 0 Å². The number of rotatable bonds is 4. The van der Waals surface area contributed by atoms with Crippen LogP contribution in [0.1, 0.15) is 25.3 Å². The number of nitrogens with zero attached hydrogens (tertiary/aromatic N) is 1. The van der Waals surface area contributed by atoms with E-state index in [2.05, 4.69) is 30.0 Å². The minimum absolute atomic E-state index is 0. The Morgan fingerprint density at radius 2 is 2.21 bits per heavy atom. The van der Waals surface area contributed by atoms with E-state index >= 15 is 0 Å². The zero-order chi connectivity index (χ0) is 13.0. The van der Waals surface area contributed by atoms with Crippen molar-refractivity contribution in [3.63, 3.8) is 0 Å². The van der Waals surface area contributed by atoms with Gasteiger partial charge in [0.1, 0.15) is 5.75 Å². The highest BCUT2D eigenvalue weighted by Crippen LogP contribution is 2.24. The standard InChI is InChI=1S/C15H24N2O.ClH/c1-12-6-7-17(14(8-12)10-16)11-13-4-3-5-15(9-13)18-2;/h3-5,9,12,14H,6-8,10-11,16H2,1-2H3;1H. The van der Waals surface area contributed by atoms with Crippen molar-refractivity contribution < 1.29 is 4.74 Å². The third-order valence-corrected chi connectivity index (χ3v) is 3.89. The Bertz CT molecular complexity index is 386. The summed E-state index contributed by atoms with van der Waals surface area (Å²) < 4.78 is 5.27. The van der Waals surface area contributed by atoms with Gasteiger partial charge in [0.2, 0.25) is 0 Å². The fourth-order valence-corrected chi connectivity index (χ4v) is 2.76. The molecule has 0 aliphatic carbocycles. The molecule has 4 heteroatoms. The number of piperidine rings is 1. The highest BCUT2D eigenvalue weighted by molar-refractivity contribution is 5.85. The minimum atomic E-state index is 0. The lowest BCUT2D eigenvalue weighted by atomic mass is 9.92. The van der Waals surface area contributed by atoms with Crippen LogP contribution in [0.3, 0.4) is 0 Å². The first-order valence-corrected chi connectivity index (χ1v) is 6.80. The van der Waals surface area contributed by atoms with Crippen LogP contribution in [0, 0.1) is 5.92 Å². The minimum Gasteiger partial charge on any atom is -0.497 e. The first-order valence-electron chi connectivity index (χ1n) is 6.80. The average molecular weight is 285 g/mol. The van der Waals surface area contributed by atoms with Crippen molar-refractivity contribution in [3.8, 4) is 5.75 Å². The van der Waals surface area contributed by atoms with Crippen molar-refractivity contribution in [2.24, 2.45) is 11.7 Å². The molecule has 1 aliphatic rings. The van der Waals surface area contributed by atoms with E-state index in [0.717, 1.165) is 31.3 Å². The van der Waals surface area contributed by atoms with Crippen LogP contribution in [0.5, 0.6) is 5.75 Å². The van der Waals surface area contributed by atoms with Gasteiger partial charge in [-0.25, -0.2) is 0 Å². The van der Waals surface area contributed by atoms with Crippen molar-refractivity contribution in [1.82, 2.24) is 4.90 Å². The fraction of sp³-hybridized carbons (Fsp3) is 0.600. The third-order valence-electron chi connectivity index (χ3n) is 3.89. The molecule has 1 heterocycles. The highest BCUT2D eigenvalue weighted by Gasteiger charge is 2.25. The van der Waals surface area contributed by atoms with Gasteiger partial charge in [-0.1, -0.05) is 19.1 Å². The fourth-order valence-electron chi connectivity index (χ4n) is 2.76. The van der Waals surface area contributed by atoms with E-state index in [9.17, 15) is 0 Å². The van der Waals surface area contributed by atoms with Crippen molar-refractivity contribution in [3.05, 3.63) is 29.8 Å². The van der Waals surface area contributed by atoms with Crippen LogP contribution in [0.15, 0.2) is 24.3 Å². The number of halogens is 1. The number of likely N-dealkylation sites (tertiary alicyclic amines) is 1. The van der Waals surface area contributed by atoms with Gasteiger partial charge >= 0.3 is 0 Å². The van der Waals surface area contributed by atoms with Crippen LogP contribution in [-0.2, 0) is 6.54 Å². The van der Waals surface area contributed by atoms with E-state index in [1.165, 1.54) is 18.4 Å². The number of nitrogens with two attached hydrogens (primary N) is 1. The second kappa shape index (κ2) is 7.73. The lowest BCUT2D eigenvalue weighted by Crippen LogP contribution is -2.45. The Labute approximate surface area is 122 Å². The van der Waals surface area contributed by atoms with Gasteiger partial charge in [0, 0.05) is 19.1 Å². The molecule has 1 aromatic carbocycles. The molecule has 1 aromatic rings. The molecule has 1 fully saturated rings. The summed E-state index contributed by atoms with van der Waals surface area (Å²) in [5.74, 6) is 1.74. The van der Waals surface area contributed by atoms with Crippen LogP contribution >= 0.6 is 12.4 Å². The Morgan fingerprint density at radius 1 is 1.42 bits per heavy atom. The summed E-state index contributed by atoms with van der Waals surface area (Å²) in [4.78, 5) is 2.51. The summed E-state index contributed by atoms with van der Waals surface area (Å²) in [6.45, 7) is 5.21. The van der Waals surface area contributed by atoms with E-state index in [4.69, 9.17) is 10.5 Å². The molecule has 19 heavy (non-hydrogen) atoms. The molecule has 0 radical (unpaired) electrons. The molecular formula is C15H25ClN2O. The van der Waals surface area contributed by atoms with E-state index in [1.807, 2.05) is 6.07 Å². The van der Waals surface area contributed by atoms with Gasteiger partial charge in [-0.05, 0) is 43.0 Å². The van der Waals surface area contributed by atoms with Crippen molar-refractivity contribution >= 4 is 12.4 Å². The molecule has 1 saturated heterocycles. The molecule has 108 valence electrons. The van der Waals surface area contributed by atoms with Gasteiger partial charge < -0.3 is 10.5 Å². The summed E-state index contributed by atoms with van der Waals surface area (Å²) in [6.07, 6.45) is 2.50. The second-order valence-corrected chi connectivity index (χ2v) is 5.34. The van der Waals surface area contributed by atoms with Gasteiger partial charge in [0.25, 0.3) is 0 Å². The first-order chi connectivity index (χ1) is 8.72. The van der Waals surface area contributed by atoms with Crippen LogP contribution < -0.4 is 10.5 Å². The molecule has 0 amide bonds. The first kappa shape index (κ1) is 16.3. The maximum Gasteiger partial charge on any atom is 0.119 e. The van der Waals surface area contributed by atoms with Crippen LogP contribution in [0.2, 0.25) is 0 Å². The van der Waals surface area contributed by atoms with E-state index in [1.54, 1.807) is 7.11 Å². The maximum atomic E-state index is 5.90. The molecule has 2 rings (SSSR count). The summed E-state index contributed by atoms with van der Waals surface area (Å²) in [7, 11) is 1.71. The van der Waals surface area contributed by atoms with E-state index in [0.29, 0.717) is 6.04 Å². The number of hydrogen-bond acceptors (Lipinski definition) is 3. The molecule has 0 aromatic heterocycles. The summed E-state index contributed by atoms with van der Waals surface area (Å²) in [6, 6.07) is 8.85. The van der Waals surface area contributed by atoms with Crippen molar-refractivity contribution in [1.29, 1.82) is 0 Å². The van der Waals surface area contributed by atoms with Crippen LogP contribution in [0.25, 0.3) is 0 Å². The Hall–Kier alpha value is -0.770. The third kappa shape index (κ3) is 4.37. The predicted octanol–water partition coefficient (Wildman–Crippen LogP) is 2.68. The predicted molar refractivity (Wildman–Crippen MR) is 81.9 cm³/mol. The zero-order valence-electron chi connectivity index (χ0n) is 11.8. The second-order valence-electron chi connectivity index (χ2n) is 5.34. The number of ether oxygens (including phenoxy) is 1. The number of methoxy groups -OCH3 is 1. The van der Waals surface area contributed by atoms with Gasteiger partial charge in [-0.15, -0.1) is 12.4 Å². The van der Waals surface area contributed by atoms with Gasteiger partial charge in [-0.3, -0.25) is 4.90 Å². The monoisotopic (exact) mass is 284 g/mol.